The van der Waals surface area contributed by atoms with E-state index in [1.54, 1.807) is 0 Å². The molecule has 1 aliphatic heterocycles. The lowest BCUT2D eigenvalue weighted by Crippen LogP contribution is -2.33. The molecule has 1 aliphatic carbocycles. The molecule has 0 spiro atoms. The molecule has 4 rings (SSSR count). The Morgan fingerprint density at radius 2 is 1.84 bits per heavy atom. The Balaban J connectivity index is 2.02. The fraction of sp³-hybridized carbons (Fsp3) is 0.579. The third kappa shape index (κ3) is 3.40. The maximum absolute atomic E-state index is 15.4. The fourth-order valence-corrected chi connectivity index (χ4v) is 4.61. The summed E-state index contributed by atoms with van der Waals surface area (Å²) in [5.74, 6) is -4.36. The highest BCUT2D eigenvalue weighted by atomic mass is 19.4. The predicted molar refractivity (Wildman–Crippen MR) is 101 cm³/mol. The number of halogens is 6. The lowest BCUT2D eigenvalue weighted by atomic mass is 9.96. The number of hydrogen-bond acceptors (Lipinski definition) is 4. The zero-order valence-electron chi connectivity index (χ0n) is 16.4. The first-order valence-corrected chi connectivity index (χ1v) is 9.77. The second kappa shape index (κ2) is 7.28. The fourth-order valence-electron chi connectivity index (χ4n) is 4.61. The summed E-state index contributed by atoms with van der Waals surface area (Å²) in [5.41, 5.74) is 1.65. The van der Waals surface area contributed by atoms with E-state index in [0.29, 0.717) is 12.8 Å². The molecular formula is C19H20F6N4O2. The number of rotatable bonds is 4. The summed E-state index contributed by atoms with van der Waals surface area (Å²) in [6, 6.07) is -0.354. The van der Waals surface area contributed by atoms with Gasteiger partial charge >= 0.3 is 11.9 Å². The van der Waals surface area contributed by atoms with Gasteiger partial charge in [-0.05, 0) is 26.3 Å². The van der Waals surface area contributed by atoms with E-state index < -0.39 is 64.7 Å². The van der Waals surface area contributed by atoms with Crippen molar-refractivity contribution in [1.29, 1.82) is 0 Å². The highest BCUT2D eigenvalue weighted by molar-refractivity contribution is 5.90. The van der Waals surface area contributed by atoms with Crippen LogP contribution in [0.4, 0.5) is 32.0 Å². The largest absolute Gasteiger partial charge is 0.393 e. The average molecular weight is 450 g/mol. The van der Waals surface area contributed by atoms with Gasteiger partial charge in [-0.2, -0.15) is 13.2 Å². The van der Waals surface area contributed by atoms with Crippen molar-refractivity contribution in [2.24, 2.45) is 17.6 Å². The van der Waals surface area contributed by atoms with Crippen molar-refractivity contribution in [1.82, 2.24) is 9.55 Å². The average Bonchev–Trinajstić information content (AvgIpc) is 3.39. The number of fused-ring (bicyclic) bond motifs is 1. The number of aromatic nitrogens is 2. The van der Waals surface area contributed by atoms with Crippen LogP contribution in [0.25, 0.3) is 10.9 Å². The van der Waals surface area contributed by atoms with E-state index in [2.05, 4.69) is 0 Å². The second-order valence-corrected chi connectivity index (χ2v) is 8.13. The maximum atomic E-state index is 15.4. The van der Waals surface area contributed by atoms with Crippen LogP contribution in [0.2, 0.25) is 0 Å². The van der Waals surface area contributed by atoms with Crippen LogP contribution in [-0.4, -0.2) is 35.4 Å². The number of nitrogens with one attached hydrogen (secondary N) is 1. The molecule has 170 valence electrons. The third-order valence-electron chi connectivity index (χ3n) is 6.18. The SMILES string of the molecule is Cc1c(N2CC(CN)C(C(F)(F)F)C2)c(F)c(C(F)F)c2c(=O)[nH]c(=O)n(C3CC3)c12. The molecule has 1 saturated heterocycles. The number of benzene rings is 1. The summed E-state index contributed by atoms with van der Waals surface area (Å²) in [7, 11) is 0. The predicted octanol–water partition coefficient (Wildman–Crippen LogP) is 2.98. The first kappa shape index (κ1) is 21.7. The van der Waals surface area contributed by atoms with Crippen LogP contribution in [0, 0.1) is 24.6 Å². The number of nitrogens with zero attached hydrogens (tertiary/aromatic N) is 2. The number of nitrogens with two attached hydrogens (primary N) is 1. The number of alkyl halides is 5. The Hall–Kier alpha value is -2.50. The molecule has 2 unspecified atom stereocenters. The Labute approximate surface area is 171 Å². The van der Waals surface area contributed by atoms with Gasteiger partial charge in [0, 0.05) is 30.6 Å². The Bertz CT molecular complexity index is 1150. The topological polar surface area (TPSA) is 84.1 Å². The zero-order chi connectivity index (χ0) is 22.8. The summed E-state index contributed by atoms with van der Waals surface area (Å²) >= 11 is 0. The lowest BCUT2D eigenvalue weighted by Gasteiger charge is -2.26. The van der Waals surface area contributed by atoms with Crippen LogP contribution in [0.1, 0.15) is 36.4 Å². The number of aromatic amines is 1. The van der Waals surface area contributed by atoms with Crippen molar-refractivity contribution >= 4 is 16.6 Å². The Kier molecular flexibility index (Phi) is 5.10. The van der Waals surface area contributed by atoms with Gasteiger partial charge in [-0.1, -0.05) is 0 Å². The molecule has 2 heterocycles. The Morgan fingerprint density at radius 3 is 2.32 bits per heavy atom. The van der Waals surface area contributed by atoms with Crippen molar-refractivity contribution in [2.75, 3.05) is 24.5 Å². The molecule has 12 heteroatoms. The second-order valence-electron chi connectivity index (χ2n) is 8.13. The van der Waals surface area contributed by atoms with E-state index in [9.17, 15) is 31.5 Å². The van der Waals surface area contributed by atoms with E-state index in [0.717, 1.165) is 9.47 Å². The number of hydrogen-bond donors (Lipinski definition) is 2. The highest BCUT2D eigenvalue weighted by Gasteiger charge is 2.50. The molecule has 6 nitrogen and oxygen atoms in total. The van der Waals surface area contributed by atoms with Gasteiger partial charge in [0.05, 0.1) is 28.1 Å². The van der Waals surface area contributed by atoms with Gasteiger partial charge in [-0.3, -0.25) is 14.3 Å². The third-order valence-corrected chi connectivity index (χ3v) is 6.18. The van der Waals surface area contributed by atoms with Crippen molar-refractivity contribution in [3.05, 3.63) is 37.8 Å². The van der Waals surface area contributed by atoms with Crippen molar-refractivity contribution in [2.45, 2.75) is 38.4 Å². The summed E-state index contributed by atoms with van der Waals surface area (Å²) in [6.07, 6.45) is -6.89. The lowest BCUT2D eigenvalue weighted by molar-refractivity contribution is -0.178. The number of H-pyrrole nitrogens is 1. The van der Waals surface area contributed by atoms with E-state index in [4.69, 9.17) is 5.73 Å². The quantitative estimate of drug-likeness (QED) is 0.702. The van der Waals surface area contributed by atoms with Crippen molar-refractivity contribution < 1.29 is 26.3 Å². The van der Waals surface area contributed by atoms with Gasteiger partial charge in [-0.15, -0.1) is 0 Å². The molecule has 1 aromatic heterocycles. The van der Waals surface area contributed by atoms with Crippen molar-refractivity contribution in [3.63, 3.8) is 0 Å². The molecular weight excluding hydrogens is 430 g/mol. The van der Waals surface area contributed by atoms with Crippen LogP contribution in [-0.2, 0) is 0 Å². The molecule has 2 aromatic rings. The molecule has 1 saturated carbocycles. The van der Waals surface area contributed by atoms with Crippen LogP contribution in [0.3, 0.4) is 0 Å². The number of anilines is 1. The molecule has 0 radical (unpaired) electrons. The number of aryl methyl sites for hydroxylation is 1. The van der Waals surface area contributed by atoms with Gasteiger partial charge < -0.3 is 10.6 Å². The minimum Gasteiger partial charge on any atom is -0.368 e. The standard InChI is InChI=1S/C19H20F6N4O2/c1-7-14-12(17(30)27-18(31)29(14)9-2-3-9)11(16(21)22)13(20)15(7)28-5-8(4-26)10(6-28)19(23,24)25/h8-10,16H,2-6,26H2,1H3,(H,27,30,31). The van der Waals surface area contributed by atoms with Gasteiger partial charge in [-0.25, -0.2) is 18.0 Å². The maximum Gasteiger partial charge on any atom is 0.393 e. The van der Waals surface area contributed by atoms with Crippen LogP contribution >= 0.6 is 0 Å². The summed E-state index contributed by atoms with van der Waals surface area (Å²) in [4.78, 5) is 27.8. The first-order chi connectivity index (χ1) is 14.5. The minimum absolute atomic E-state index is 0.0226. The molecule has 2 atom stereocenters. The normalized spacial score (nSPS) is 22.2. The minimum atomic E-state index is -4.60. The zero-order valence-corrected chi connectivity index (χ0v) is 16.4. The van der Waals surface area contributed by atoms with Gasteiger partial charge in [0.1, 0.15) is 0 Å². The van der Waals surface area contributed by atoms with Crippen LogP contribution < -0.4 is 21.9 Å². The van der Waals surface area contributed by atoms with Gasteiger partial charge in [0.15, 0.2) is 5.82 Å². The molecule has 0 bridgehead atoms. The summed E-state index contributed by atoms with van der Waals surface area (Å²) < 4.78 is 84.6. The van der Waals surface area contributed by atoms with Crippen LogP contribution in [0.15, 0.2) is 9.59 Å². The molecule has 2 aliphatic rings. The molecule has 2 fully saturated rings. The summed E-state index contributed by atoms with van der Waals surface area (Å²) in [6.45, 7) is 0.0623. The molecule has 0 amide bonds. The Morgan fingerprint density at radius 1 is 1.19 bits per heavy atom. The van der Waals surface area contributed by atoms with E-state index in [1.807, 2.05) is 4.98 Å². The van der Waals surface area contributed by atoms with E-state index >= 15 is 4.39 Å². The smallest absolute Gasteiger partial charge is 0.368 e. The summed E-state index contributed by atoms with van der Waals surface area (Å²) in [5, 5.41) is -0.651. The van der Waals surface area contributed by atoms with Gasteiger partial charge in [0.25, 0.3) is 12.0 Å². The first-order valence-electron chi connectivity index (χ1n) is 9.77. The molecule has 1 aromatic carbocycles. The molecule has 31 heavy (non-hydrogen) atoms. The van der Waals surface area contributed by atoms with Crippen molar-refractivity contribution in [3.8, 4) is 0 Å². The molecule has 3 N–H and O–H groups in total. The highest BCUT2D eigenvalue weighted by Crippen LogP contribution is 2.45. The van der Waals surface area contributed by atoms with E-state index in [1.165, 1.54) is 6.92 Å². The van der Waals surface area contributed by atoms with Gasteiger partial charge in [0.2, 0.25) is 0 Å². The van der Waals surface area contributed by atoms with E-state index in [-0.39, 0.29) is 30.2 Å². The van der Waals surface area contributed by atoms with Crippen LogP contribution in [0.5, 0.6) is 0 Å². The monoisotopic (exact) mass is 450 g/mol.